The summed E-state index contributed by atoms with van der Waals surface area (Å²) in [5.41, 5.74) is 0.334. The number of halogens is 3. The van der Waals surface area contributed by atoms with Gasteiger partial charge in [-0.3, -0.25) is 4.90 Å². The molecule has 0 spiro atoms. The summed E-state index contributed by atoms with van der Waals surface area (Å²) in [4.78, 5) is 6.50. The van der Waals surface area contributed by atoms with Gasteiger partial charge in [0.15, 0.2) is 0 Å². The number of rotatable bonds is 4. The maximum Gasteiger partial charge on any atom is 0.416 e. The maximum absolute atomic E-state index is 12.8. The summed E-state index contributed by atoms with van der Waals surface area (Å²) in [5.74, 6) is 1.14. The fourth-order valence-electron chi connectivity index (χ4n) is 3.57. The molecule has 1 fully saturated rings. The molecule has 3 rings (SSSR count). The van der Waals surface area contributed by atoms with Gasteiger partial charge in [0.1, 0.15) is 5.82 Å². The number of anilines is 1. The van der Waals surface area contributed by atoms with Gasteiger partial charge in [-0.1, -0.05) is 18.2 Å². The van der Waals surface area contributed by atoms with Crippen molar-refractivity contribution in [2.75, 3.05) is 25.5 Å². The third-order valence-corrected chi connectivity index (χ3v) is 4.80. The molecule has 3 nitrogen and oxygen atoms in total. The van der Waals surface area contributed by atoms with E-state index in [2.05, 4.69) is 15.2 Å². The van der Waals surface area contributed by atoms with E-state index >= 15 is 0 Å². The van der Waals surface area contributed by atoms with Crippen LogP contribution in [-0.4, -0.2) is 30.0 Å². The van der Waals surface area contributed by atoms with Crippen LogP contribution in [0.2, 0.25) is 0 Å². The predicted molar refractivity (Wildman–Crippen MR) is 92.3 cm³/mol. The van der Waals surface area contributed by atoms with Crippen LogP contribution in [0, 0.1) is 5.92 Å². The molecule has 1 saturated heterocycles. The van der Waals surface area contributed by atoms with Gasteiger partial charge in [0.25, 0.3) is 0 Å². The summed E-state index contributed by atoms with van der Waals surface area (Å²) in [6.07, 6.45) is -0.433. The fourth-order valence-corrected chi connectivity index (χ4v) is 3.57. The van der Waals surface area contributed by atoms with Crippen molar-refractivity contribution in [3.05, 3.63) is 59.8 Å². The Hall–Kier alpha value is -2.08. The zero-order valence-corrected chi connectivity index (χ0v) is 14.1. The van der Waals surface area contributed by atoms with E-state index in [-0.39, 0.29) is 6.04 Å². The molecule has 25 heavy (non-hydrogen) atoms. The van der Waals surface area contributed by atoms with Gasteiger partial charge >= 0.3 is 6.18 Å². The van der Waals surface area contributed by atoms with Gasteiger partial charge in [-0.2, -0.15) is 13.2 Å². The van der Waals surface area contributed by atoms with E-state index in [1.807, 2.05) is 25.2 Å². The highest BCUT2D eigenvalue weighted by Gasteiger charge is 2.33. The Balaban J connectivity index is 1.75. The standard InChI is InChI=1S/C19H22F3N3/c1-25-12-4-5-15(13-24-17-6-2-3-11-23-17)18(25)14-7-9-16(10-8-14)19(20,21)22/h2-3,6-11,15,18H,4-5,12-13H2,1H3,(H,23,24). The number of benzene rings is 1. The Morgan fingerprint density at radius 1 is 1.16 bits per heavy atom. The Morgan fingerprint density at radius 2 is 1.92 bits per heavy atom. The summed E-state index contributed by atoms with van der Waals surface area (Å²) in [6, 6.07) is 11.4. The molecule has 2 unspecified atom stereocenters. The molecule has 2 aromatic rings. The molecule has 1 aromatic carbocycles. The van der Waals surface area contributed by atoms with Crippen LogP contribution in [0.25, 0.3) is 0 Å². The van der Waals surface area contributed by atoms with Crippen molar-refractivity contribution in [1.82, 2.24) is 9.88 Å². The number of nitrogens with zero attached hydrogens (tertiary/aromatic N) is 2. The first-order valence-corrected chi connectivity index (χ1v) is 8.47. The Labute approximate surface area is 145 Å². The molecule has 1 aliphatic rings. The van der Waals surface area contributed by atoms with Gasteiger partial charge in [-0.25, -0.2) is 4.98 Å². The van der Waals surface area contributed by atoms with E-state index in [4.69, 9.17) is 0 Å². The maximum atomic E-state index is 12.8. The van der Waals surface area contributed by atoms with Crippen LogP contribution in [-0.2, 0) is 6.18 Å². The van der Waals surface area contributed by atoms with Crippen LogP contribution in [0.4, 0.5) is 19.0 Å². The average Bonchev–Trinajstić information content (AvgIpc) is 2.60. The van der Waals surface area contributed by atoms with Gasteiger partial charge in [0.05, 0.1) is 5.56 Å². The molecule has 0 saturated carbocycles. The van der Waals surface area contributed by atoms with E-state index in [1.165, 1.54) is 12.1 Å². The van der Waals surface area contributed by atoms with Crippen LogP contribution in [0.5, 0.6) is 0 Å². The summed E-state index contributed by atoms with van der Waals surface area (Å²) >= 11 is 0. The van der Waals surface area contributed by atoms with Gasteiger partial charge in [-0.05, 0) is 62.2 Å². The number of nitrogens with one attached hydrogen (secondary N) is 1. The van der Waals surface area contributed by atoms with Crippen LogP contribution < -0.4 is 5.32 Å². The van der Waals surface area contributed by atoms with Gasteiger partial charge in [-0.15, -0.1) is 0 Å². The minimum atomic E-state index is -4.29. The second kappa shape index (κ2) is 7.44. The first-order valence-electron chi connectivity index (χ1n) is 8.47. The fraction of sp³-hybridized carbons (Fsp3) is 0.421. The number of aromatic nitrogens is 1. The van der Waals surface area contributed by atoms with E-state index < -0.39 is 11.7 Å². The normalized spacial score (nSPS) is 21.9. The molecular weight excluding hydrogens is 327 g/mol. The van der Waals surface area contributed by atoms with E-state index in [0.717, 1.165) is 37.3 Å². The van der Waals surface area contributed by atoms with Crippen molar-refractivity contribution < 1.29 is 13.2 Å². The molecule has 1 aromatic heterocycles. The van der Waals surface area contributed by atoms with Crippen molar-refractivity contribution in [1.29, 1.82) is 0 Å². The minimum absolute atomic E-state index is 0.104. The van der Waals surface area contributed by atoms with E-state index in [1.54, 1.807) is 18.3 Å². The first kappa shape index (κ1) is 17.7. The molecule has 6 heteroatoms. The molecule has 1 N–H and O–H groups in total. The molecule has 1 aliphatic heterocycles. The lowest BCUT2D eigenvalue weighted by atomic mass is 9.84. The largest absolute Gasteiger partial charge is 0.416 e. The SMILES string of the molecule is CN1CCCC(CNc2ccccn2)C1c1ccc(C(F)(F)F)cc1. The highest BCUT2D eigenvalue weighted by atomic mass is 19.4. The number of piperidine rings is 1. The highest BCUT2D eigenvalue weighted by Crippen LogP contribution is 2.37. The van der Waals surface area contributed by atoms with Crippen molar-refractivity contribution in [2.45, 2.75) is 25.1 Å². The molecule has 0 aliphatic carbocycles. The number of pyridine rings is 1. The number of hydrogen-bond donors (Lipinski definition) is 1. The van der Waals surface area contributed by atoms with Crippen molar-refractivity contribution in [3.8, 4) is 0 Å². The lowest BCUT2D eigenvalue weighted by Crippen LogP contribution is -2.39. The average molecular weight is 349 g/mol. The zero-order valence-electron chi connectivity index (χ0n) is 14.1. The number of likely N-dealkylation sites (tertiary alicyclic amines) is 1. The van der Waals surface area contributed by atoms with Crippen LogP contribution in [0.15, 0.2) is 48.7 Å². The lowest BCUT2D eigenvalue weighted by Gasteiger charge is -2.40. The Kier molecular flexibility index (Phi) is 5.27. The van der Waals surface area contributed by atoms with Crippen LogP contribution >= 0.6 is 0 Å². The van der Waals surface area contributed by atoms with Crippen molar-refractivity contribution >= 4 is 5.82 Å². The minimum Gasteiger partial charge on any atom is -0.370 e. The van der Waals surface area contributed by atoms with Crippen molar-refractivity contribution in [3.63, 3.8) is 0 Å². The monoisotopic (exact) mass is 349 g/mol. The Bertz CT molecular complexity index is 671. The van der Waals surface area contributed by atoms with E-state index in [9.17, 15) is 13.2 Å². The smallest absolute Gasteiger partial charge is 0.370 e. The Morgan fingerprint density at radius 3 is 2.56 bits per heavy atom. The van der Waals surface area contributed by atoms with Gasteiger partial charge < -0.3 is 5.32 Å². The summed E-state index contributed by atoms with van der Waals surface area (Å²) in [7, 11) is 2.04. The van der Waals surface area contributed by atoms with Gasteiger partial charge in [0.2, 0.25) is 0 Å². The molecule has 0 amide bonds. The molecule has 2 heterocycles. The van der Waals surface area contributed by atoms with Crippen molar-refractivity contribution in [2.24, 2.45) is 5.92 Å². The number of hydrogen-bond acceptors (Lipinski definition) is 3. The quantitative estimate of drug-likeness (QED) is 0.875. The molecule has 2 atom stereocenters. The summed E-state index contributed by atoms with van der Waals surface area (Å²) < 4.78 is 38.4. The molecular formula is C19H22F3N3. The first-order chi connectivity index (χ1) is 11.9. The second-order valence-electron chi connectivity index (χ2n) is 6.54. The topological polar surface area (TPSA) is 28.2 Å². The van der Waals surface area contributed by atoms with Crippen LogP contribution in [0.3, 0.4) is 0 Å². The third kappa shape index (κ3) is 4.31. The zero-order chi connectivity index (χ0) is 17.9. The second-order valence-corrected chi connectivity index (χ2v) is 6.54. The number of alkyl halides is 3. The van der Waals surface area contributed by atoms with Gasteiger partial charge in [0, 0.05) is 18.8 Å². The van der Waals surface area contributed by atoms with E-state index in [0.29, 0.717) is 5.92 Å². The lowest BCUT2D eigenvalue weighted by molar-refractivity contribution is -0.137. The summed E-state index contributed by atoms with van der Waals surface area (Å²) in [5, 5.41) is 3.35. The highest BCUT2D eigenvalue weighted by molar-refractivity contribution is 5.34. The predicted octanol–water partition coefficient (Wildman–Crippen LogP) is 4.60. The van der Waals surface area contributed by atoms with Crippen LogP contribution in [0.1, 0.15) is 30.0 Å². The molecule has 0 bridgehead atoms. The summed E-state index contributed by atoms with van der Waals surface area (Å²) in [6.45, 7) is 1.69. The molecule has 134 valence electrons. The third-order valence-electron chi connectivity index (χ3n) is 4.80. The molecule has 0 radical (unpaired) electrons.